The SMILES string of the molecule is CC(NC(=O)c1cccnc1SC(F)(F)F)c1ccc(NC(N)=O)cc1. The van der Waals surface area contributed by atoms with Gasteiger partial charge in [-0.1, -0.05) is 12.1 Å². The van der Waals surface area contributed by atoms with Gasteiger partial charge < -0.3 is 16.4 Å². The average molecular weight is 384 g/mol. The maximum Gasteiger partial charge on any atom is 0.447 e. The van der Waals surface area contributed by atoms with Crippen molar-refractivity contribution < 1.29 is 22.8 Å². The molecule has 3 amide bonds. The fraction of sp³-hybridized carbons (Fsp3) is 0.188. The van der Waals surface area contributed by atoms with Gasteiger partial charge in [0.25, 0.3) is 5.91 Å². The Kier molecular flexibility index (Phi) is 6.09. The number of nitrogens with one attached hydrogen (secondary N) is 2. The summed E-state index contributed by atoms with van der Waals surface area (Å²) in [6.07, 6.45) is 1.19. The fourth-order valence-electron chi connectivity index (χ4n) is 2.11. The van der Waals surface area contributed by atoms with E-state index in [-0.39, 0.29) is 5.56 Å². The minimum atomic E-state index is -4.54. The first-order valence-corrected chi connectivity index (χ1v) is 8.15. The summed E-state index contributed by atoms with van der Waals surface area (Å²) >= 11 is -0.438. The first-order chi connectivity index (χ1) is 12.2. The molecule has 0 aliphatic rings. The van der Waals surface area contributed by atoms with E-state index in [1.54, 1.807) is 31.2 Å². The Labute approximate surface area is 151 Å². The number of hydrogen-bond acceptors (Lipinski definition) is 4. The monoisotopic (exact) mass is 384 g/mol. The molecule has 0 saturated carbocycles. The number of nitrogens with zero attached hydrogens (tertiary/aromatic N) is 1. The summed E-state index contributed by atoms with van der Waals surface area (Å²) < 4.78 is 37.8. The van der Waals surface area contributed by atoms with Gasteiger partial charge in [0.05, 0.1) is 11.6 Å². The van der Waals surface area contributed by atoms with Gasteiger partial charge in [0.1, 0.15) is 5.03 Å². The van der Waals surface area contributed by atoms with Crippen LogP contribution in [-0.2, 0) is 0 Å². The smallest absolute Gasteiger partial charge is 0.351 e. The number of urea groups is 1. The van der Waals surface area contributed by atoms with Crippen LogP contribution in [0.2, 0.25) is 0 Å². The Bertz CT molecular complexity index is 797. The van der Waals surface area contributed by atoms with Crippen molar-refractivity contribution in [1.29, 1.82) is 0 Å². The molecule has 10 heteroatoms. The predicted molar refractivity (Wildman–Crippen MR) is 91.7 cm³/mol. The molecule has 0 aliphatic heterocycles. The normalized spacial score (nSPS) is 12.3. The number of rotatable bonds is 5. The number of primary amides is 1. The number of amides is 3. The number of alkyl halides is 3. The zero-order valence-corrected chi connectivity index (χ0v) is 14.3. The van der Waals surface area contributed by atoms with Gasteiger partial charge in [-0.2, -0.15) is 13.2 Å². The van der Waals surface area contributed by atoms with E-state index in [0.29, 0.717) is 11.3 Å². The summed E-state index contributed by atoms with van der Waals surface area (Å²) in [4.78, 5) is 26.8. The van der Waals surface area contributed by atoms with Crippen LogP contribution in [0, 0.1) is 0 Å². The number of anilines is 1. The van der Waals surface area contributed by atoms with Gasteiger partial charge in [-0.3, -0.25) is 4.79 Å². The zero-order chi connectivity index (χ0) is 19.3. The van der Waals surface area contributed by atoms with E-state index in [0.717, 1.165) is 0 Å². The molecule has 0 saturated heterocycles. The molecule has 1 heterocycles. The van der Waals surface area contributed by atoms with Gasteiger partial charge in [-0.05, 0) is 36.8 Å². The Morgan fingerprint density at radius 3 is 2.42 bits per heavy atom. The first-order valence-electron chi connectivity index (χ1n) is 7.34. The van der Waals surface area contributed by atoms with Crippen molar-refractivity contribution in [2.45, 2.75) is 23.5 Å². The van der Waals surface area contributed by atoms with E-state index < -0.39 is 40.3 Å². The van der Waals surface area contributed by atoms with Crippen molar-refractivity contribution in [1.82, 2.24) is 10.3 Å². The zero-order valence-electron chi connectivity index (χ0n) is 13.5. The van der Waals surface area contributed by atoms with Crippen LogP contribution in [0.25, 0.3) is 0 Å². The lowest BCUT2D eigenvalue weighted by molar-refractivity contribution is -0.0329. The maximum absolute atomic E-state index is 12.6. The quantitative estimate of drug-likeness (QED) is 0.685. The van der Waals surface area contributed by atoms with Crippen LogP contribution >= 0.6 is 11.8 Å². The molecule has 1 atom stereocenters. The second-order valence-corrected chi connectivity index (χ2v) is 6.26. The van der Waals surface area contributed by atoms with E-state index in [1.807, 2.05) is 0 Å². The number of nitrogens with two attached hydrogens (primary N) is 1. The number of carbonyl (C=O) groups excluding carboxylic acids is 2. The van der Waals surface area contributed by atoms with Crippen LogP contribution in [0.3, 0.4) is 0 Å². The largest absolute Gasteiger partial charge is 0.447 e. The number of carbonyl (C=O) groups is 2. The van der Waals surface area contributed by atoms with Gasteiger partial charge in [-0.25, -0.2) is 9.78 Å². The van der Waals surface area contributed by atoms with Gasteiger partial charge in [0.2, 0.25) is 0 Å². The Morgan fingerprint density at radius 1 is 1.19 bits per heavy atom. The van der Waals surface area contributed by atoms with Crippen molar-refractivity contribution in [3.63, 3.8) is 0 Å². The van der Waals surface area contributed by atoms with Crippen molar-refractivity contribution in [3.8, 4) is 0 Å². The lowest BCUT2D eigenvalue weighted by Crippen LogP contribution is -2.27. The topological polar surface area (TPSA) is 97.1 Å². The van der Waals surface area contributed by atoms with E-state index in [1.165, 1.54) is 18.3 Å². The molecule has 0 bridgehead atoms. The highest BCUT2D eigenvalue weighted by Gasteiger charge is 2.32. The van der Waals surface area contributed by atoms with Gasteiger partial charge in [0, 0.05) is 23.6 Å². The fourth-order valence-corrected chi connectivity index (χ4v) is 2.71. The summed E-state index contributed by atoms with van der Waals surface area (Å²) in [7, 11) is 0. The van der Waals surface area contributed by atoms with Crippen molar-refractivity contribution in [2.24, 2.45) is 5.73 Å². The lowest BCUT2D eigenvalue weighted by Gasteiger charge is -2.16. The van der Waals surface area contributed by atoms with Crippen LogP contribution in [0.15, 0.2) is 47.6 Å². The molecule has 1 unspecified atom stereocenters. The third kappa shape index (κ3) is 5.66. The number of aromatic nitrogens is 1. The predicted octanol–water partition coefficient (Wildman–Crippen LogP) is 3.68. The summed E-state index contributed by atoms with van der Waals surface area (Å²) in [5, 5.41) is 4.62. The summed E-state index contributed by atoms with van der Waals surface area (Å²) in [6, 6.07) is 8.00. The van der Waals surface area contributed by atoms with Gasteiger partial charge in [0.15, 0.2) is 0 Å². The molecule has 0 aliphatic carbocycles. The first kappa shape index (κ1) is 19.6. The standard InChI is InChI=1S/C16H15F3N4O2S/c1-9(10-4-6-11(7-5-10)23-15(20)25)22-13(24)12-3-2-8-21-14(12)26-16(17,18)19/h2-9H,1H3,(H,22,24)(H3,20,23,25). The third-order valence-corrected chi connectivity index (χ3v) is 4.00. The Hall–Kier alpha value is -2.75. The third-order valence-electron chi connectivity index (χ3n) is 3.25. The number of pyridine rings is 1. The lowest BCUT2D eigenvalue weighted by atomic mass is 10.1. The number of thioether (sulfide) groups is 1. The molecule has 138 valence electrons. The second kappa shape index (κ2) is 8.09. The molecule has 0 spiro atoms. The molecule has 1 aromatic carbocycles. The summed E-state index contributed by atoms with van der Waals surface area (Å²) in [5.41, 5.74) is 1.49. The molecule has 0 fully saturated rings. The minimum absolute atomic E-state index is 0.159. The Balaban J connectivity index is 2.11. The average Bonchev–Trinajstić information content (AvgIpc) is 2.53. The summed E-state index contributed by atoms with van der Waals surface area (Å²) in [6.45, 7) is 1.68. The van der Waals surface area contributed by atoms with Crippen LogP contribution in [0.4, 0.5) is 23.7 Å². The molecule has 4 N–H and O–H groups in total. The highest BCUT2D eigenvalue weighted by Crippen LogP contribution is 2.37. The van der Waals surface area contributed by atoms with Crippen LogP contribution < -0.4 is 16.4 Å². The van der Waals surface area contributed by atoms with E-state index in [2.05, 4.69) is 15.6 Å². The molecule has 0 radical (unpaired) electrons. The van der Waals surface area contributed by atoms with Crippen molar-refractivity contribution in [3.05, 3.63) is 53.7 Å². The van der Waals surface area contributed by atoms with E-state index in [4.69, 9.17) is 5.73 Å². The highest BCUT2D eigenvalue weighted by atomic mass is 32.2. The number of hydrogen-bond donors (Lipinski definition) is 3. The summed E-state index contributed by atoms with van der Waals surface area (Å²) in [5.74, 6) is -0.670. The molecule has 6 nitrogen and oxygen atoms in total. The van der Waals surface area contributed by atoms with Crippen LogP contribution in [0.1, 0.15) is 28.9 Å². The number of benzene rings is 1. The maximum atomic E-state index is 12.6. The van der Waals surface area contributed by atoms with Gasteiger partial charge >= 0.3 is 11.5 Å². The highest BCUT2D eigenvalue weighted by molar-refractivity contribution is 8.00. The van der Waals surface area contributed by atoms with Crippen LogP contribution in [0.5, 0.6) is 0 Å². The molecule has 2 rings (SSSR count). The molecular weight excluding hydrogens is 369 g/mol. The molecule has 1 aromatic heterocycles. The van der Waals surface area contributed by atoms with Crippen LogP contribution in [-0.4, -0.2) is 22.4 Å². The second-order valence-electron chi connectivity index (χ2n) is 5.21. The van der Waals surface area contributed by atoms with Crippen molar-refractivity contribution in [2.75, 3.05) is 5.32 Å². The van der Waals surface area contributed by atoms with Crippen molar-refractivity contribution >= 4 is 29.4 Å². The van der Waals surface area contributed by atoms with Gasteiger partial charge in [-0.15, -0.1) is 0 Å². The molecule has 26 heavy (non-hydrogen) atoms. The van der Waals surface area contributed by atoms with E-state index in [9.17, 15) is 22.8 Å². The Morgan fingerprint density at radius 2 is 1.85 bits per heavy atom. The number of halogens is 3. The molecule has 2 aromatic rings. The minimum Gasteiger partial charge on any atom is -0.351 e. The van der Waals surface area contributed by atoms with E-state index >= 15 is 0 Å². The molecular formula is C16H15F3N4O2S.